The summed E-state index contributed by atoms with van der Waals surface area (Å²) in [6, 6.07) is 6.83. The quantitative estimate of drug-likeness (QED) is 0.645. The molecule has 0 atom stereocenters. The number of hydrogen-bond donors (Lipinski definition) is 1. The van der Waals surface area contributed by atoms with E-state index in [1.807, 2.05) is 13.8 Å². The number of anilines is 1. The van der Waals surface area contributed by atoms with Crippen LogP contribution in [0.2, 0.25) is 5.02 Å². The van der Waals surface area contributed by atoms with Gasteiger partial charge >= 0.3 is 0 Å². The molecule has 0 unspecified atom stereocenters. The summed E-state index contributed by atoms with van der Waals surface area (Å²) >= 11 is 7.11. The third-order valence-corrected chi connectivity index (χ3v) is 6.06. The molecule has 2 amide bonds. The number of amides is 2. The standard InChI is InChI=1S/C20H21ClN4O3S/c1-4-24(5-2)15(26)10-25-11-22-19-16(20(25)28)12(3)17(29-19)18(27)23-14-8-6-7-13(21)9-14/h6-9,11H,4-5,10H2,1-3H3,(H,23,27). The van der Waals surface area contributed by atoms with Gasteiger partial charge in [0, 0.05) is 23.8 Å². The number of fused-ring (bicyclic) bond motifs is 1. The highest BCUT2D eigenvalue weighted by Crippen LogP contribution is 2.28. The number of halogens is 1. The Morgan fingerprint density at radius 3 is 2.66 bits per heavy atom. The Balaban J connectivity index is 1.93. The van der Waals surface area contributed by atoms with Crippen LogP contribution in [0.1, 0.15) is 29.1 Å². The summed E-state index contributed by atoms with van der Waals surface area (Å²) in [5.74, 6) is -0.483. The average Bonchev–Trinajstić information content (AvgIpc) is 3.02. The molecule has 0 bridgehead atoms. The van der Waals surface area contributed by atoms with E-state index >= 15 is 0 Å². The van der Waals surface area contributed by atoms with Crippen LogP contribution in [0.25, 0.3) is 10.2 Å². The first-order valence-corrected chi connectivity index (χ1v) is 10.4. The van der Waals surface area contributed by atoms with Crippen molar-refractivity contribution in [3.63, 3.8) is 0 Å². The maximum absolute atomic E-state index is 12.9. The van der Waals surface area contributed by atoms with Crippen molar-refractivity contribution in [2.75, 3.05) is 18.4 Å². The van der Waals surface area contributed by atoms with Gasteiger partial charge in [0.1, 0.15) is 11.4 Å². The van der Waals surface area contributed by atoms with Crippen LogP contribution in [0, 0.1) is 6.92 Å². The Kier molecular flexibility index (Phi) is 6.34. The average molecular weight is 433 g/mol. The molecule has 0 radical (unpaired) electrons. The molecule has 0 aliphatic carbocycles. The van der Waals surface area contributed by atoms with Gasteiger partial charge in [0.05, 0.1) is 16.6 Å². The molecule has 0 fully saturated rings. The van der Waals surface area contributed by atoms with Crippen molar-refractivity contribution in [1.82, 2.24) is 14.5 Å². The van der Waals surface area contributed by atoms with Crippen LogP contribution in [-0.2, 0) is 11.3 Å². The molecule has 2 heterocycles. The number of nitrogens with one attached hydrogen (secondary N) is 1. The summed E-state index contributed by atoms with van der Waals surface area (Å²) in [4.78, 5) is 44.8. The van der Waals surface area contributed by atoms with E-state index in [9.17, 15) is 14.4 Å². The third-order valence-electron chi connectivity index (χ3n) is 4.63. The van der Waals surface area contributed by atoms with Crippen molar-refractivity contribution < 1.29 is 9.59 Å². The zero-order valence-corrected chi connectivity index (χ0v) is 17.9. The predicted molar refractivity (Wildman–Crippen MR) is 116 cm³/mol. The maximum Gasteiger partial charge on any atom is 0.266 e. The molecule has 29 heavy (non-hydrogen) atoms. The Hall–Kier alpha value is -2.71. The van der Waals surface area contributed by atoms with E-state index in [0.717, 1.165) is 11.3 Å². The van der Waals surface area contributed by atoms with E-state index in [4.69, 9.17) is 11.6 Å². The fourth-order valence-electron chi connectivity index (χ4n) is 3.06. The second-order valence-electron chi connectivity index (χ2n) is 6.44. The number of aromatic nitrogens is 2. The smallest absolute Gasteiger partial charge is 0.266 e. The van der Waals surface area contributed by atoms with Crippen molar-refractivity contribution in [2.24, 2.45) is 0 Å². The van der Waals surface area contributed by atoms with Gasteiger partial charge in [-0.3, -0.25) is 19.0 Å². The number of hydrogen-bond acceptors (Lipinski definition) is 5. The second-order valence-corrected chi connectivity index (χ2v) is 7.88. The summed E-state index contributed by atoms with van der Waals surface area (Å²) < 4.78 is 1.29. The van der Waals surface area contributed by atoms with Gasteiger partial charge in [0.2, 0.25) is 5.91 Å². The van der Waals surface area contributed by atoms with Gasteiger partial charge in [-0.2, -0.15) is 0 Å². The van der Waals surface area contributed by atoms with Crippen LogP contribution in [0.3, 0.4) is 0 Å². The van der Waals surface area contributed by atoms with Gasteiger partial charge in [0.25, 0.3) is 11.5 Å². The van der Waals surface area contributed by atoms with E-state index < -0.39 is 0 Å². The number of rotatable bonds is 6. The molecule has 0 saturated heterocycles. The first kappa shape index (κ1) is 21.0. The zero-order valence-electron chi connectivity index (χ0n) is 16.4. The van der Waals surface area contributed by atoms with Gasteiger partial charge in [-0.15, -0.1) is 11.3 Å². The normalized spacial score (nSPS) is 10.9. The van der Waals surface area contributed by atoms with Crippen molar-refractivity contribution in [3.05, 3.63) is 56.4 Å². The molecule has 1 aromatic carbocycles. The Bertz CT molecular complexity index is 1130. The van der Waals surface area contributed by atoms with Gasteiger partial charge in [-0.05, 0) is 44.5 Å². The lowest BCUT2D eigenvalue weighted by molar-refractivity contribution is -0.131. The third kappa shape index (κ3) is 4.33. The maximum atomic E-state index is 12.9. The Labute approximate surface area is 176 Å². The van der Waals surface area contributed by atoms with Crippen molar-refractivity contribution >= 4 is 50.7 Å². The van der Waals surface area contributed by atoms with Gasteiger partial charge < -0.3 is 10.2 Å². The molecule has 1 N–H and O–H groups in total. The lowest BCUT2D eigenvalue weighted by Gasteiger charge is -2.18. The molecule has 0 spiro atoms. The summed E-state index contributed by atoms with van der Waals surface area (Å²) in [6.07, 6.45) is 1.36. The number of carbonyl (C=O) groups excluding carboxylic acids is 2. The van der Waals surface area contributed by atoms with Crippen molar-refractivity contribution in [2.45, 2.75) is 27.3 Å². The Morgan fingerprint density at radius 2 is 2.00 bits per heavy atom. The van der Waals surface area contributed by atoms with Gasteiger partial charge in [-0.1, -0.05) is 17.7 Å². The van der Waals surface area contributed by atoms with Crippen LogP contribution < -0.4 is 10.9 Å². The molecule has 0 aliphatic heterocycles. The highest BCUT2D eigenvalue weighted by molar-refractivity contribution is 7.20. The Morgan fingerprint density at radius 1 is 1.28 bits per heavy atom. The van der Waals surface area contributed by atoms with Crippen LogP contribution in [-0.4, -0.2) is 39.4 Å². The summed E-state index contributed by atoms with van der Waals surface area (Å²) in [5, 5.41) is 3.66. The molecule has 9 heteroatoms. The summed E-state index contributed by atoms with van der Waals surface area (Å²) in [7, 11) is 0. The first-order valence-electron chi connectivity index (χ1n) is 9.18. The van der Waals surface area contributed by atoms with Crippen LogP contribution in [0.15, 0.2) is 35.4 Å². The topological polar surface area (TPSA) is 84.3 Å². The van der Waals surface area contributed by atoms with Crippen LogP contribution in [0.4, 0.5) is 5.69 Å². The number of nitrogens with zero attached hydrogens (tertiary/aromatic N) is 3. The van der Waals surface area contributed by atoms with E-state index in [1.54, 1.807) is 36.1 Å². The molecular weight excluding hydrogens is 412 g/mol. The number of carbonyl (C=O) groups is 2. The van der Waals surface area contributed by atoms with Crippen molar-refractivity contribution in [1.29, 1.82) is 0 Å². The minimum Gasteiger partial charge on any atom is -0.342 e. The van der Waals surface area contributed by atoms with Gasteiger partial charge in [0.15, 0.2) is 0 Å². The van der Waals surface area contributed by atoms with Crippen LogP contribution in [0.5, 0.6) is 0 Å². The molecule has 152 valence electrons. The number of aryl methyl sites for hydroxylation is 1. The molecule has 0 saturated carbocycles. The molecule has 2 aromatic heterocycles. The molecular formula is C20H21ClN4O3S. The predicted octanol–water partition coefficient (Wildman–Crippen LogP) is 3.54. The molecule has 3 rings (SSSR count). The first-order chi connectivity index (χ1) is 13.8. The second kappa shape index (κ2) is 8.75. The van der Waals surface area contributed by atoms with E-state index in [0.29, 0.717) is 44.5 Å². The molecule has 3 aromatic rings. The number of benzene rings is 1. The zero-order chi connectivity index (χ0) is 21.1. The lowest BCUT2D eigenvalue weighted by atomic mass is 10.2. The van der Waals surface area contributed by atoms with E-state index in [1.165, 1.54) is 10.9 Å². The minimum absolute atomic E-state index is 0.0806. The fourth-order valence-corrected chi connectivity index (χ4v) is 4.29. The monoisotopic (exact) mass is 432 g/mol. The highest BCUT2D eigenvalue weighted by atomic mass is 35.5. The largest absolute Gasteiger partial charge is 0.342 e. The van der Waals surface area contributed by atoms with Crippen LogP contribution >= 0.6 is 22.9 Å². The summed E-state index contributed by atoms with van der Waals surface area (Å²) in [6.45, 7) is 6.56. The fraction of sp³-hybridized carbons (Fsp3) is 0.300. The molecule has 0 aliphatic rings. The number of thiophene rings is 1. The van der Waals surface area contributed by atoms with Gasteiger partial charge in [-0.25, -0.2) is 4.98 Å². The number of likely N-dealkylation sites (N-methyl/N-ethyl adjacent to an activating group) is 1. The van der Waals surface area contributed by atoms with E-state index in [-0.39, 0.29) is 23.9 Å². The SMILES string of the molecule is CCN(CC)C(=O)Cn1cnc2sc(C(=O)Nc3cccc(Cl)c3)c(C)c2c1=O. The van der Waals surface area contributed by atoms with Crippen molar-refractivity contribution in [3.8, 4) is 0 Å². The summed E-state index contributed by atoms with van der Waals surface area (Å²) in [5.41, 5.74) is 0.785. The highest BCUT2D eigenvalue weighted by Gasteiger charge is 2.21. The molecule has 7 nitrogen and oxygen atoms in total. The minimum atomic E-state index is -0.335. The lowest BCUT2D eigenvalue weighted by Crippen LogP contribution is -2.36. The van der Waals surface area contributed by atoms with E-state index in [2.05, 4.69) is 10.3 Å².